The highest BCUT2D eigenvalue weighted by atomic mass is 16.5. The number of carbonyl (C=O) groups excluding carboxylic acids is 1. The normalized spacial score (nSPS) is 20.2. The van der Waals surface area contributed by atoms with E-state index in [0.29, 0.717) is 5.78 Å². The Labute approximate surface area is 109 Å². The van der Waals surface area contributed by atoms with Gasteiger partial charge in [-0.3, -0.25) is 4.79 Å². The minimum atomic E-state index is 0.191. The molecule has 0 bridgehead atoms. The van der Waals surface area contributed by atoms with Gasteiger partial charge in [-0.1, -0.05) is 18.6 Å². The number of hydrogen-bond acceptors (Lipinski definition) is 2. The smallest absolute Gasteiger partial charge is 0.136 e. The topological polar surface area (TPSA) is 26.3 Å². The maximum Gasteiger partial charge on any atom is 0.136 e. The number of ketones is 1. The average Bonchev–Trinajstić information content (AvgIpc) is 2.32. The van der Waals surface area contributed by atoms with Gasteiger partial charge >= 0.3 is 0 Å². The van der Waals surface area contributed by atoms with Crippen LogP contribution in [0.5, 0.6) is 5.75 Å². The lowest BCUT2D eigenvalue weighted by atomic mass is 9.84. The highest BCUT2D eigenvalue weighted by Crippen LogP contribution is 2.25. The molecule has 0 radical (unpaired) electrons. The summed E-state index contributed by atoms with van der Waals surface area (Å²) in [6.45, 7) is 4.05. The lowest BCUT2D eigenvalue weighted by Crippen LogP contribution is -2.21. The standard InChI is InChI=1S/C16H22O2/c1-12(2)18-15-8-5-6-13(11-15)10-14-7-3-4-9-16(14)17/h5-6,8,11-12,14H,3-4,7,9-10H2,1-2H3. The van der Waals surface area contributed by atoms with Crippen LogP contribution in [0.4, 0.5) is 0 Å². The van der Waals surface area contributed by atoms with Gasteiger partial charge in [0.05, 0.1) is 6.10 Å². The molecule has 0 spiro atoms. The fraction of sp³-hybridized carbons (Fsp3) is 0.562. The summed E-state index contributed by atoms with van der Waals surface area (Å²) in [5.41, 5.74) is 1.22. The molecule has 1 fully saturated rings. The predicted octanol–water partition coefficient (Wildman–Crippen LogP) is 3.78. The molecule has 0 aromatic heterocycles. The number of carbonyl (C=O) groups is 1. The molecule has 0 heterocycles. The van der Waals surface area contributed by atoms with Crippen LogP contribution in [0.25, 0.3) is 0 Å². The SMILES string of the molecule is CC(C)Oc1cccc(CC2CCCCC2=O)c1. The van der Waals surface area contributed by atoms with Crippen molar-refractivity contribution in [3.63, 3.8) is 0 Å². The Morgan fingerprint density at radius 1 is 1.33 bits per heavy atom. The molecule has 0 aliphatic heterocycles. The van der Waals surface area contributed by atoms with E-state index in [4.69, 9.17) is 4.74 Å². The zero-order valence-corrected chi connectivity index (χ0v) is 11.3. The number of benzene rings is 1. The van der Waals surface area contributed by atoms with Crippen molar-refractivity contribution in [2.45, 2.75) is 52.1 Å². The fourth-order valence-corrected chi connectivity index (χ4v) is 2.57. The molecule has 2 rings (SSSR count). The summed E-state index contributed by atoms with van der Waals surface area (Å²) in [4.78, 5) is 11.8. The summed E-state index contributed by atoms with van der Waals surface area (Å²) in [6, 6.07) is 8.16. The molecule has 0 amide bonds. The minimum absolute atomic E-state index is 0.191. The number of hydrogen-bond donors (Lipinski definition) is 0. The molecule has 2 nitrogen and oxygen atoms in total. The van der Waals surface area contributed by atoms with Crippen LogP contribution in [0.2, 0.25) is 0 Å². The van der Waals surface area contributed by atoms with Gasteiger partial charge < -0.3 is 4.74 Å². The molecule has 0 N–H and O–H groups in total. The molecular formula is C16H22O2. The molecule has 1 aromatic carbocycles. The van der Waals surface area contributed by atoms with Crippen LogP contribution in [-0.4, -0.2) is 11.9 Å². The average molecular weight is 246 g/mol. The summed E-state index contributed by atoms with van der Waals surface area (Å²) in [7, 11) is 0. The van der Waals surface area contributed by atoms with Crippen molar-refractivity contribution in [3.05, 3.63) is 29.8 Å². The lowest BCUT2D eigenvalue weighted by Gasteiger charge is -2.20. The number of rotatable bonds is 4. The third kappa shape index (κ3) is 3.59. The number of Topliss-reactive ketones (excluding diaryl/α,β-unsaturated/α-hetero) is 1. The molecule has 18 heavy (non-hydrogen) atoms. The molecular weight excluding hydrogens is 224 g/mol. The lowest BCUT2D eigenvalue weighted by molar-refractivity contribution is -0.124. The van der Waals surface area contributed by atoms with Crippen molar-refractivity contribution in [3.8, 4) is 5.75 Å². The van der Waals surface area contributed by atoms with Gasteiger partial charge in [0.2, 0.25) is 0 Å². The van der Waals surface area contributed by atoms with Gasteiger partial charge in [-0.05, 0) is 50.8 Å². The van der Waals surface area contributed by atoms with Crippen molar-refractivity contribution in [2.75, 3.05) is 0 Å². The molecule has 1 aliphatic carbocycles. The van der Waals surface area contributed by atoms with Crippen LogP contribution in [0.15, 0.2) is 24.3 Å². The van der Waals surface area contributed by atoms with Crippen LogP contribution >= 0.6 is 0 Å². The second-order valence-electron chi connectivity index (χ2n) is 5.43. The van der Waals surface area contributed by atoms with Crippen LogP contribution in [0.1, 0.15) is 45.1 Å². The highest BCUT2D eigenvalue weighted by Gasteiger charge is 2.22. The van der Waals surface area contributed by atoms with Crippen LogP contribution in [-0.2, 0) is 11.2 Å². The van der Waals surface area contributed by atoms with Crippen molar-refractivity contribution in [1.29, 1.82) is 0 Å². The Hall–Kier alpha value is -1.31. The van der Waals surface area contributed by atoms with E-state index in [-0.39, 0.29) is 12.0 Å². The van der Waals surface area contributed by atoms with Crippen LogP contribution in [0.3, 0.4) is 0 Å². The van der Waals surface area contributed by atoms with Crippen molar-refractivity contribution in [1.82, 2.24) is 0 Å². The van der Waals surface area contributed by atoms with E-state index in [9.17, 15) is 4.79 Å². The molecule has 2 heteroatoms. The highest BCUT2D eigenvalue weighted by molar-refractivity contribution is 5.81. The molecule has 98 valence electrons. The van der Waals surface area contributed by atoms with E-state index in [1.807, 2.05) is 26.0 Å². The summed E-state index contributed by atoms with van der Waals surface area (Å²) < 4.78 is 5.69. The molecule has 1 saturated carbocycles. The van der Waals surface area contributed by atoms with Crippen LogP contribution < -0.4 is 4.74 Å². The first-order valence-corrected chi connectivity index (χ1v) is 6.93. The minimum Gasteiger partial charge on any atom is -0.491 e. The van der Waals surface area contributed by atoms with Gasteiger partial charge in [-0.15, -0.1) is 0 Å². The van der Waals surface area contributed by atoms with Gasteiger partial charge in [0, 0.05) is 12.3 Å². The van der Waals surface area contributed by atoms with Crippen LogP contribution in [0, 0.1) is 5.92 Å². The van der Waals surface area contributed by atoms with Gasteiger partial charge in [-0.2, -0.15) is 0 Å². The first-order chi connectivity index (χ1) is 8.65. The maximum atomic E-state index is 11.8. The van der Waals surface area contributed by atoms with Crippen molar-refractivity contribution >= 4 is 5.78 Å². The third-order valence-corrected chi connectivity index (χ3v) is 3.43. The monoisotopic (exact) mass is 246 g/mol. The third-order valence-electron chi connectivity index (χ3n) is 3.43. The van der Waals surface area contributed by atoms with E-state index < -0.39 is 0 Å². The zero-order valence-electron chi connectivity index (χ0n) is 11.3. The molecule has 1 aromatic rings. The molecule has 1 unspecified atom stereocenters. The van der Waals surface area contributed by atoms with E-state index >= 15 is 0 Å². The fourth-order valence-electron chi connectivity index (χ4n) is 2.57. The molecule has 0 saturated heterocycles. The summed E-state index contributed by atoms with van der Waals surface area (Å²) in [6.07, 6.45) is 5.15. The predicted molar refractivity (Wildman–Crippen MR) is 72.9 cm³/mol. The molecule has 1 aliphatic rings. The van der Waals surface area contributed by atoms with Crippen molar-refractivity contribution in [2.24, 2.45) is 5.92 Å². The zero-order chi connectivity index (χ0) is 13.0. The second kappa shape index (κ2) is 6.03. The quantitative estimate of drug-likeness (QED) is 0.808. The van der Waals surface area contributed by atoms with Crippen molar-refractivity contribution < 1.29 is 9.53 Å². The first-order valence-electron chi connectivity index (χ1n) is 6.93. The van der Waals surface area contributed by atoms with E-state index in [1.165, 1.54) is 12.0 Å². The Morgan fingerprint density at radius 2 is 2.17 bits per heavy atom. The van der Waals surface area contributed by atoms with Gasteiger partial charge in [0.1, 0.15) is 11.5 Å². The maximum absolute atomic E-state index is 11.8. The Balaban J connectivity index is 2.02. The van der Waals surface area contributed by atoms with E-state index in [0.717, 1.165) is 31.4 Å². The van der Waals surface area contributed by atoms with E-state index in [2.05, 4.69) is 12.1 Å². The largest absolute Gasteiger partial charge is 0.491 e. The van der Waals surface area contributed by atoms with Gasteiger partial charge in [0.15, 0.2) is 0 Å². The molecule has 1 atom stereocenters. The number of ether oxygens (including phenoxy) is 1. The second-order valence-corrected chi connectivity index (χ2v) is 5.43. The van der Waals surface area contributed by atoms with Gasteiger partial charge in [0.25, 0.3) is 0 Å². The first kappa shape index (κ1) is 13.1. The Bertz CT molecular complexity index is 409. The van der Waals surface area contributed by atoms with Gasteiger partial charge in [-0.25, -0.2) is 0 Å². The van der Waals surface area contributed by atoms with E-state index in [1.54, 1.807) is 0 Å². The Morgan fingerprint density at radius 3 is 2.89 bits per heavy atom. The summed E-state index contributed by atoms with van der Waals surface area (Å²) in [5, 5.41) is 0. The Kier molecular flexibility index (Phi) is 4.40. The summed E-state index contributed by atoms with van der Waals surface area (Å²) >= 11 is 0. The summed E-state index contributed by atoms with van der Waals surface area (Å²) in [5.74, 6) is 1.58.